The molecule has 0 saturated carbocycles. The molecule has 9 heteroatoms. The summed E-state index contributed by atoms with van der Waals surface area (Å²) in [6, 6.07) is -0.882. The first kappa shape index (κ1) is 70.2. The second kappa shape index (κ2) is 54.0. The van der Waals surface area contributed by atoms with E-state index in [-0.39, 0.29) is 19.1 Å². The standard InChI is InChI=1S/C62H125N2O6P/c1-6-8-10-12-14-16-18-20-22-24-25-26-27-28-29-30-31-32-33-34-35-36-37-38-40-42-44-46-48-50-52-54-56-62(66)63-60(59-70-71(67,68)69-58-57-64(3,4)5)61(65)55-53-51-49-47-45-43-41-39-23-21-19-17-15-13-11-9-7-2/h53,55,60-61,65H,6-52,54,56-59H2,1-5H3,(H-,63,66,67,68)/b55-53+. The second-order valence-electron chi connectivity index (χ2n) is 23.1. The zero-order valence-corrected chi connectivity index (χ0v) is 49.4. The van der Waals surface area contributed by atoms with E-state index in [1.807, 2.05) is 27.2 Å². The Labute approximate surface area is 443 Å². The lowest BCUT2D eigenvalue weighted by atomic mass is 10.0. The Morgan fingerprint density at radius 3 is 1.06 bits per heavy atom. The summed E-state index contributed by atoms with van der Waals surface area (Å²) in [6.45, 7) is 4.70. The molecule has 3 atom stereocenters. The van der Waals surface area contributed by atoms with Crippen molar-refractivity contribution in [3.05, 3.63) is 12.2 Å². The number of hydrogen-bond acceptors (Lipinski definition) is 6. The fourth-order valence-electron chi connectivity index (χ4n) is 9.81. The third kappa shape index (κ3) is 56.8. The summed E-state index contributed by atoms with van der Waals surface area (Å²) in [6.07, 6.45) is 67.4. The van der Waals surface area contributed by atoms with E-state index in [4.69, 9.17) is 9.05 Å². The van der Waals surface area contributed by atoms with Gasteiger partial charge >= 0.3 is 0 Å². The number of nitrogens with one attached hydrogen (secondary N) is 1. The molecule has 1 amide bonds. The van der Waals surface area contributed by atoms with Crippen molar-refractivity contribution in [3.8, 4) is 0 Å². The Kier molecular flexibility index (Phi) is 53.5. The summed E-state index contributed by atoms with van der Waals surface area (Å²) in [4.78, 5) is 25.5. The quantitative estimate of drug-likeness (QED) is 0.0272. The van der Waals surface area contributed by atoms with Crippen LogP contribution in [0.1, 0.15) is 328 Å². The molecule has 0 aliphatic heterocycles. The van der Waals surface area contributed by atoms with E-state index in [0.717, 1.165) is 38.5 Å². The van der Waals surface area contributed by atoms with Gasteiger partial charge in [0, 0.05) is 6.42 Å². The fraction of sp³-hybridized carbons (Fsp3) is 0.952. The highest BCUT2D eigenvalue weighted by Gasteiger charge is 2.23. The normalized spacial score (nSPS) is 13.8. The summed E-state index contributed by atoms with van der Waals surface area (Å²) in [7, 11) is 1.28. The molecule has 0 spiro atoms. The Morgan fingerprint density at radius 1 is 0.479 bits per heavy atom. The lowest BCUT2D eigenvalue weighted by molar-refractivity contribution is -0.870. The number of amides is 1. The van der Waals surface area contributed by atoms with Gasteiger partial charge < -0.3 is 28.8 Å². The van der Waals surface area contributed by atoms with Crippen LogP contribution in [0.3, 0.4) is 0 Å². The first-order valence-corrected chi connectivity index (χ1v) is 33.0. The number of aliphatic hydroxyl groups excluding tert-OH is 1. The molecule has 0 aromatic heterocycles. The van der Waals surface area contributed by atoms with E-state index in [1.54, 1.807) is 6.08 Å². The smallest absolute Gasteiger partial charge is 0.268 e. The molecule has 71 heavy (non-hydrogen) atoms. The van der Waals surface area contributed by atoms with Gasteiger partial charge in [-0.25, -0.2) is 0 Å². The van der Waals surface area contributed by atoms with Gasteiger partial charge in [-0.1, -0.05) is 315 Å². The predicted molar refractivity (Wildman–Crippen MR) is 307 cm³/mol. The molecule has 2 N–H and O–H groups in total. The van der Waals surface area contributed by atoms with Crippen LogP contribution >= 0.6 is 7.82 Å². The molecule has 0 heterocycles. The minimum absolute atomic E-state index is 0.00271. The van der Waals surface area contributed by atoms with E-state index in [0.29, 0.717) is 17.4 Å². The van der Waals surface area contributed by atoms with Crippen LogP contribution in [0.2, 0.25) is 0 Å². The third-order valence-electron chi connectivity index (χ3n) is 14.7. The molecular formula is C62H125N2O6P. The molecule has 0 aromatic rings. The SMILES string of the molecule is CCCCCCCCCCCCCCCCC/C=C/C(O)C(COP(=O)([O-])OCC[N+](C)(C)C)NC(=O)CCCCCCCCCCCCCCCCCCCCCCCCCCCCCCCCCC. The van der Waals surface area contributed by atoms with Gasteiger partial charge in [-0.3, -0.25) is 9.36 Å². The highest BCUT2D eigenvalue weighted by Crippen LogP contribution is 2.38. The second-order valence-corrected chi connectivity index (χ2v) is 24.5. The number of phosphoric ester groups is 1. The van der Waals surface area contributed by atoms with Crippen molar-refractivity contribution in [1.29, 1.82) is 0 Å². The molecule has 424 valence electrons. The molecule has 0 fully saturated rings. The maximum atomic E-state index is 13.0. The van der Waals surface area contributed by atoms with Crippen molar-refractivity contribution in [1.82, 2.24) is 5.32 Å². The zero-order valence-electron chi connectivity index (χ0n) is 48.5. The van der Waals surface area contributed by atoms with Gasteiger partial charge in [0.1, 0.15) is 13.2 Å². The molecule has 0 aromatic carbocycles. The Balaban J connectivity index is 4.00. The average molecular weight is 1030 g/mol. The number of carbonyl (C=O) groups is 1. The molecule has 0 bridgehead atoms. The molecule has 0 aliphatic rings. The number of allylic oxidation sites excluding steroid dienone is 1. The topological polar surface area (TPSA) is 108 Å². The molecule has 0 radical (unpaired) electrons. The van der Waals surface area contributed by atoms with Gasteiger partial charge in [0.05, 0.1) is 39.9 Å². The minimum Gasteiger partial charge on any atom is -0.756 e. The molecule has 0 rings (SSSR count). The number of unbranched alkanes of at least 4 members (excludes halogenated alkanes) is 46. The summed E-state index contributed by atoms with van der Waals surface area (Å²) in [5.74, 6) is -0.189. The molecule has 0 saturated heterocycles. The van der Waals surface area contributed by atoms with Crippen LogP contribution in [0.15, 0.2) is 12.2 Å². The maximum absolute atomic E-state index is 13.0. The highest BCUT2D eigenvalue weighted by atomic mass is 31.2. The van der Waals surface area contributed by atoms with Gasteiger partial charge in [-0.15, -0.1) is 0 Å². The van der Waals surface area contributed by atoms with Crippen LogP contribution < -0.4 is 10.2 Å². The molecule has 8 nitrogen and oxygen atoms in total. The minimum atomic E-state index is -4.59. The van der Waals surface area contributed by atoms with Gasteiger partial charge in [-0.2, -0.15) is 0 Å². The average Bonchev–Trinajstić information content (AvgIpc) is 3.33. The first-order valence-electron chi connectivity index (χ1n) is 31.6. The van der Waals surface area contributed by atoms with Crippen LogP contribution in [-0.4, -0.2) is 68.5 Å². The van der Waals surface area contributed by atoms with Crippen molar-refractivity contribution in [2.24, 2.45) is 0 Å². The lowest BCUT2D eigenvalue weighted by Gasteiger charge is -2.29. The van der Waals surface area contributed by atoms with Crippen LogP contribution in [0.5, 0.6) is 0 Å². The van der Waals surface area contributed by atoms with Gasteiger partial charge in [0.2, 0.25) is 5.91 Å². The number of hydrogen-bond donors (Lipinski definition) is 2. The number of rotatable bonds is 59. The monoisotopic (exact) mass is 1020 g/mol. The summed E-state index contributed by atoms with van der Waals surface area (Å²) < 4.78 is 23.4. The van der Waals surface area contributed by atoms with Gasteiger partial charge in [0.25, 0.3) is 7.82 Å². The molecular weight excluding hydrogens is 900 g/mol. The number of nitrogens with zero attached hydrogens (tertiary/aromatic N) is 1. The van der Waals surface area contributed by atoms with E-state index in [9.17, 15) is 19.4 Å². The van der Waals surface area contributed by atoms with Crippen molar-refractivity contribution < 1.29 is 32.9 Å². The summed E-state index contributed by atoms with van der Waals surface area (Å²) >= 11 is 0. The highest BCUT2D eigenvalue weighted by molar-refractivity contribution is 7.45. The number of phosphoric acid groups is 1. The van der Waals surface area contributed by atoms with Crippen LogP contribution in [0, 0.1) is 0 Å². The maximum Gasteiger partial charge on any atom is 0.268 e. The van der Waals surface area contributed by atoms with Gasteiger partial charge in [0.15, 0.2) is 0 Å². The zero-order chi connectivity index (χ0) is 52.0. The van der Waals surface area contributed by atoms with Crippen molar-refractivity contribution in [2.45, 2.75) is 341 Å². The van der Waals surface area contributed by atoms with Crippen molar-refractivity contribution in [3.63, 3.8) is 0 Å². The number of quaternary nitrogens is 1. The predicted octanol–water partition coefficient (Wildman–Crippen LogP) is 18.8. The van der Waals surface area contributed by atoms with E-state index >= 15 is 0 Å². The molecule has 0 aliphatic carbocycles. The fourth-order valence-corrected chi connectivity index (χ4v) is 10.5. The summed E-state index contributed by atoms with van der Waals surface area (Å²) in [5.41, 5.74) is 0. The summed E-state index contributed by atoms with van der Waals surface area (Å²) in [5, 5.41) is 13.9. The van der Waals surface area contributed by atoms with Gasteiger partial charge in [-0.05, 0) is 19.3 Å². The Morgan fingerprint density at radius 2 is 0.761 bits per heavy atom. The largest absolute Gasteiger partial charge is 0.756 e. The Hall–Kier alpha value is -0.760. The number of likely N-dealkylation sites (N-methyl/N-ethyl adjacent to an activating group) is 1. The van der Waals surface area contributed by atoms with E-state index in [1.165, 1.54) is 270 Å². The van der Waals surface area contributed by atoms with Crippen LogP contribution in [0.4, 0.5) is 0 Å². The van der Waals surface area contributed by atoms with E-state index < -0.39 is 20.0 Å². The van der Waals surface area contributed by atoms with Crippen molar-refractivity contribution in [2.75, 3.05) is 40.9 Å². The molecule has 3 unspecified atom stereocenters. The number of aliphatic hydroxyl groups is 1. The Bertz CT molecular complexity index is 1160. The van der Waals surface area contributed by atoms with Crippen molar-refractivity contribution >= 4 is 13.7 Å². The number of carbonyl (C=O) groups excluding carboxylic acids is 1. The third-order valence-corrected chi connectivity index (χ3v) is 15.7. The first-order chi connectivity index (χ1) is 34.5. The van der Waals surface area contributed by atoms with Crippen LogP contribution in [-0.2, 0) is 18.4 Å². The van der Waals surface area contributed by atoms with Crippen LogP contribution in [0.25, 0.3) is 0 Å². The van der Waals surface area contributed by atoms with E-state index in [2.05, 4.69) is 19.2 Å². The lowest BCUT2D eigenvalue weighted by Crippen LogP contribution is -2.45.